The van der Waals surface area contributed by atoms with Crippen molar-refractivity contribution >= 4 is 11.9 Å². The van der Waals surface area contributed by atoms with Crippen LogP contribution in [0.3, 0.4) is 0 Å². The van der Waals surface area contributed by atoms with E-state index in [4.69, 9.17) is 4.74 Å². The van der Waals surface area contributed by atoms with Crippen LogP contribution in [-0.4, -0.2) is 24.5 Å². The van der Waals surface area contributed by atoms with Crippen molar-refractivity contribution in [1.82, 2.24) is 5.32 Å². The SMILES string of the molecule is CCCCCCCCC(=O)N[C@H]1CCOC1=O. The van der Waals surface area contributed by atoms with Gasteiger partial charge in [-0.2, -0.15) is 0 Å². The quantitative estimate of drug-likeness (QED) is 0.523. The van der Waals surface area contributed by atoms with Crippen LogP contribution in [0.25, 0.3) is 0 Å². The van der Waals surface area contributed by atoms with E-state index < -0.39 is 6.04 Å². The topological polar surface area (TPSA) is 55.4 Å². The summed E-state index contributed by atoms with van der Waals surface area (Å²) in [7, 11) is 0. The van der Waals surface area contributed by atoms with Gasteiger partial charge in [-0.25, -0.2) is 4.79 Å². The van der Waals surface area contributed by atoms with E-state index in [1.807, 2.05) is 0 Å². The highest BCUT2D eigenvalue weighted by molar-refractivity contribution is 5.85. The summed E-state index contributed by atoms with van der Waals surface area (Å²) >= 11 is 0. The fourth-order valence-corrected chi connectivity index (χ4v) is 1.96. The average Bonchev–Trinajstić information content (AvgIpc) is 2.69. The molecule has 0 saturated carbocycles. The molecule has 1 N–H and O–H groups in total. The first-order chi connectivity index (χ1) is 8.24. The zero-order chi connectivity index (χ0) is 12.5. The molecule has 0 unspecified atom stereocenters. The molecule has 1 fully saturated rings. The summed E-state index contributed by atoms with van der Waals surface area (Å²) in [5.74, 6) is -0.314. The van der Waals surface area contributed by atoms with Crippen molar-refractivity contribution in [2.45, 2.75) is 64.3 Å². The molecule has 4 heteroatoms. The fourth-order valence-electron chi connectivity index (χ4n) is 1.96. The van der Waals surface area contributed by atoms with Crippen LogP contribution in [0, 0.1) is 0 Å². The van der Waals surface area contributed by atoms with Gasteiger partial charge in [-0.3, -0.25) is 4.79 Å². The predicted octanol–water partition coefficient (Wildman–Crippen LogP) is 2.17. The smallest absolute Gasteiger partial charge is 0.328 e. The summed E-state index contributed by atoms with van der Waals surface area (Å²) in [5, 5.41) is 2.72. The molecular weight excluding hydrogens is 218 g/mol. The minimum atomic E-state index is -0.400. The van der Waals surface area contributed by atoms with Crippen molar-refractivity contribution in [3.8, 4) is 0 Å². The number of rotatable bonds is 8. The van der Waals surface area contributed by atoms with Crippen LogP contribution in [-0.2, 0) is 14.3 Å². The Morgan fingerprint density at radius 3 is 2.65 bits per heavy atom. The lowest BCUT2D eigenvalue weighted by Gasteiger charge is -2.08. The van der Waals surface area contributed by atoms with Crippen molar-refractivity contribution in [1.29, 1.82) is 0 Å². The van der Waals surface area contributed by atoms with E-state index >= 15 is 0 Å². The highest BCUT2D eigenvalue weighted by Gasteiger charge is 2.27. The van der Waals surface area contributed by atoms with Gasteiger partial charge in [-0.05, 0) is 6.42 Å². The number of nitrogens with one attached hydrogen (secondary N) is 1. The maximum absolute atomic E-state index is 11.5. The van der Waals surface area contributed by atoms with Crippen LogP contribution in [0.1, 0.15) is 58.3 Å². The molecule has 17 heavy (non-hydrogen) atoms. The first kappa shape index (κ1) is 14.0. The van der Waals surface area contributed by atoms with Gasteiger partial charge in [0, 0.05) is 12.8 Å². The Bertz CT molecular complexity index is 253. The Morgan fingerprint density at radius 1 is 1.29 bits per heavy atom. The largest absolute Gasteiger partial charge is 0.464 e. The molecule has 0 bridgehead atoms. The molecule has 1 aliphatic rings. The summed E-state index contributed by atoms with van der Waals surface area (Å²) in [6.07, 6.45) is 8.13. The molecule has 1 amide bonds. The fraction of sp³-hybridized carbons (Fsp3) is 0.846. The van der Waals surface area contributed by atoms with Crippen molar-refractivity contribution < 1.29 is 14.3 Å². The Morgan fingerprint density at radius 2 is 2.00 bits per heavy atom. The third-order valence-electron chi connectivity index (χ3n) is 3.03. The second-order valence-corrected chi connectivity index (χ2v) is 4.59. The van der Waals surface area contributed by atoms with E-state index in [2.05, 4.69) is 12.2 Å². The predicted molar refractivity (Wildman–Crippen MR) is 65.5 cm³/mol. The maximum Gasteiger partial charge on any atom is 0.328 e. The van der Waals surface area contributed by atoms with Gasteiger partial charge in [0.1, 0.15) is 6.04 Å². The summed E-state index contributed by atoms with van der Waals surface area (Å²) in [5.41, 5.74) is 0. The number of hydrogen-bond acceptors (Lipinski definition) is 3. The summed E-state index contributed by atoms with van der Waals surface area (Å²) in [6, 6.07) is -0.400. The number of cyclic esters (lactones) is 1. The number of esters is 1. The third-order valence-corrected chi connectivity index (χ3v) is 3.03. The number of ether oxygens (including phenoxy) is 1. The first-order valence-corrected chi connectivity index (χ1v) is 6.70. The second kappa shape index (κ2) is 8.09. The number of carbonyl (C=O) groups is 2. The van der Waals surface area contributed by atoms with E-state index in [0.717, 1.165) is 12.8 Å². The third kappa shape index (κ3) is 5.71. The van der Waals surface area contributed by atoms with Crippen LogP contribution < -0.4 is 5.32 Å². The van der Waals surface area contributed by atoms with Gasteiger partial charge in [-0.1, -0.05) is 39.0 Å². The van der Waals surface area contributed by atoms with E-state index in [0.29, 0.717) is 19.4 Å². The van der Waals surface area contributed by atoms with Gasteiger partial charge < -0.3 is 10.1 Å². The molecule has 1 heterocycles. The van der Waals surface area contributed by atoms with E-state index in [1.54, 1.807) is 0 Å². The molecular formula is C13H23NO3. The lowest BCUT2D eigenvalue weighted by molar-refractivity contribution is -0.141. The summed E-state index contributed by atoms with van der Waals surface area (Å²) in [4.78, 5) is 22.6. The van der Waals surface area contributed by atoms with Crippen molar-refractivity contribution in [3.63, 3.8) is 0 Å². The van der Waals surface area contributed by atoms with Gasteiger partial charge >= 0.3 is 5.97 Å². The first-order valence-electron chi connectivity index (χ1n) is 6.70. The average molecular weight is 241 g/mol. The molecule has 1 saturated heterocycles. The zero-order valence-corrected chi connectivity index (χ0v) is 10.7. The van der Waals surface area contributed by atoms with Gasteiger partial charge in [-0.15, -0.1) is 0 Å². The molecule has 1 atom stereocenters. The number of hydrogen-bond donors (Lipinski definition) is 1. The van der Waals surface area contributed by atoms with Crippen LogP contribution in [0.4, 0.5) is 0 Å². The highest BCUT2D eigenvalue weighted by Crippen LogP contribution is 2.09. The Balaban J connectivity index is 1.99. The minimum Gasteiger partial charge on any atom is -0.464 e. The van der Waals surface area contributed by atoms with Crippen LogP contribution in [0.2, 0.25) is 0 Å². The lowest BCUT2D eigenvalue weighted by atomic mass is 10.1. The molecule has 0 aromatic rings. The summed E-state index contributed by atoms with van der Waals surface area (Å²) < 4.78 is 4.78. The molecule has 98 valence electrons. The zero-order valence-electron chi connectivity index (χ0n) is 10.7. The van der Waals surface area contributed by atoms with Crippen LogP contribution in [0.15, 0.2) is 0 Å². The molecule has 1 aliphatic heterocycles. The monoisotopic (exact) mass is 241 g/mol. The molecule has 0 aliphatic carbocycles. The van der Waals surface area contributed by atoms with E-state index in [-0.39, 0.29) is 11.9 Å². The second-order valence-electron chi connectivity index (χ2n) is 4.59. The molecule has 0 radical (unpaired) electrons. The van der Waals surface area contributed by atoms with Crippen molar-refractivity contribution in [2.75, 3.05) is 6.61 Å². The van der Waals surface area contributed by atoms with E-state index in [9.17, 15) is 9.59 Å². The minimum absolute atomic E-state index is 0.0238. The molecule has 4 nitrogen and oxygen atoms in total. The molecule has 0 aromatic carbocycles. The van der Waals surface area contributed by atoms with E-state index in [1.165, 1.54) is 25.7 Å². The number of carbonyl (C=O) groups excluding carboxylic acids is 2. The highest BCUT2D eigenvalue weighted by atomic mass is 16.5. The normalized spacial score (nSPS) is 19.1. The maximum atomic E-state index is 11.5. The molecule has 0 aromatic heterocycles. The van der Waals surface area contributed by atoms with Gasteiger partial charge in [0.15, 0.2) is 0 Å². The standard InChI is InChI=1S/C13H23NO3/c1-2-3-4-5-6-7-8-12(15)14-11-9-10-17-13(11)16/h11H,2-10H2,1H3,(H,14,15)/t11-/m0/s1. The van der Waals surface area contributed by atoms with Crippen molar-refractivity contribution in [2.24, 2.45) is 0 Å². The van der Waals surface area contributed by atoms with Crippen molar-refractivity contribution in [3.05, 3.63) is 0 Å². The van der Waals surface area contributed by atoms with Gasteiger partial charge in [0.2, 0.25) is 5.91 Å². The molecule has 1 rings (SSSR count). The number of unbranched alkanes of at least 4 members (excludes halogenated alkanes) is 5. The van der Waals surface area contributed by atoms with Gasteiger partial charge in [0.05, 0.1) is 6.61 Å². The Hall–Kier alpha value is -1.06. The molecule has 0 spiro atoms. The van der Waals surface area contributed by atoms with Crippen LogP contribution in [0.5, 0.6) is 0 Å². The summed E-state index contributed by atoms with van der Waals surface area (Å²) in [6.45, 7) is 2.62. The van der Waals surface area contributed by atoms with Crippen LogP contribution >= 0.6 is 0 Å². The lowest BCUT2D eigenvalue weighted by Crippen LogP contribution is -2.37. The number of amides is 1. The van der Waals surface area contributed by atoms with Gasteiger partial charge in [0.25, 0.3) is 0 Å². The Kier molecular flexibility index (Phi) is 6.67. The Labute approximate surface area is 103 Å².